The molecule has 0 saturated heterocycles. The monoisotopic (exact) mass is 363 g/mol. The van der Waals surface area contributed by atoms with Crippen LogP contribution in [0.5, 0.6) is 5.75 Å². The van der Waals surface area contributed by atoms with E-state index in [0.29, 0.717) is 27.3 Å². The van der Waals surface area contributed by atoms with E-state index in [1.165, 1.54) is 18.2 Å². The maximum Gasteiger partial charge on any atom is 0.185 e. The number of phenolic OH excluding ortho intramolecular Hbond substituents is 1. The highest BCUT2D eigenvalue weighted by Crippen LogP contribution is 2.27. The summed E-state index contributed by atoms with van der Waals surface area (Å²) in [5.74, 6) is -0.0757. The predicted octanol–water partition coefficient (Wildman–Crippen LogP) is 4.46. The first-order valence-corrected chi connectivity index (χ1v) is 7.25. The van der Waals surface area contributed by atoms with Gasteiger partial charge in [-0.05, 0) is 52.3 Å². The van der Waals surface area contributed by atoms with E-state index >= 15 is 0 Å². The molecule has 1 aromatic heterocycles. The van der Waals surface area contributed by atoms with E-state index in [0.717, 1.165) is 5.69 Å². The van der Waals surface area contributed by atoms with Crippen molar-refractivity contribution < 1.29 is 18.7 Å². The van der Waals surface area contributed by atoms with E-state index < -0.39 is 0 Å². The molecule has 2 aromatic carbocycles. The van der Waals surface area contributed by atoms with Gasteiger partial charge in [0.2, 0.25) is 0 Å². The molecule has 0 fully saturated rings. The number of furan rings is 1. The highest BCUT2D eigenvalue weighted by atomic mass is 79.9. The van der Waals surface area contributed by atoms with Crippen molar-refractivity contribution in [2.75, 3.05) is 5.32 Å². The molecule has 0 atom stereocenters. The van der Waals surface area contributed by atoms with Gasteiger partial charge >= 0.3 is 0 Å². The van der Waals surface area contributed by atoms with Crippen molar-refractivity contribution in [2.24, 2.45) is 0 Å². The van der Waals surface area contributed by atoms with Gasteiger partial charge in [0.15, 0.2) is 12.0 Å². The van der Waals surface area contributed by atoms with Crippen molar-refractivity contribution in [1.29, 1.82) is 0 Å². The number of benzene rings is 2. The quantitative estimate of drug-likeness (QED) is 0.530. The van der Waals surface area contributed by atoms with E-state index in [1.54, 1.807) is 18.2 Å². The molecular weight excluding hydrogens is 353 g/mol. The summed E-state index contributed by atoms with van der Waals surface area (Å²) in [5.41, 5.74) is 1.62. The van der Waals surface area contributed by atoms with Crippen molar-refractivity contribution >= 4 is 38.9 Å². The van der Waals surface area contributed by atoms with Crippen molar-refractivity contribution in [2.45, 2.75) is 6.54 Å². The topological polar surface area (TPSA) is 62.5 Å². The number of hydrogen-bond donors (Lipinski definition) is 2. The van der Waals surface area contributed by atoms with Crippen LogP contribution in [0.3, 0.4) is 0 Å². The average molecular weight is 364 g/mol. The summed E-state index contributed by atoms with van der Waals surface area (Å²) in [6, 6.07) is 9.33. The SMILES string of the molecule is O=Cc1cc2cc(F)c(CNc3ccc(O)c(Br)c3)cc2o1. The van der Waals surface area contributed by atoms with Crippen LogP contribution in [0.2, 0.25) is 0 Å². The molecule has 22 heavy (non-hydrogen) atoms. The van der Waals surface area contributed by atoms with Gasteiger partial charge in [-0.15, -0.1) is 0 Å². The van der Waals surface area contributed by atoms with Gasteiger partial charge in [0.1, 0.15) is 17.1 Å². The lowest BCUT2D eigenvalue weighted by Gasteiger charge is -2.08. The molecule has 0 aliphatic carbocycles. The number of aldehydes is 1. The lowest BCUT2D eigenvalue weighted by molar-refractivity contribution is 0.110. The summed E-state index contributed by atoms with van der Waals surface area (Å²) in [7, 11) is 0. The molecule has 6 heteroatoms. The van der Waals surface area contributed by atoms with E-state index in [1.807, 2.05) is 0 Å². The Morgan fingerprint density at radius 1 is 1.27 bits per heavy atom. The van der Waals surface area contributed by atoms with Crippen LogP contribution in [0.25, 0.3) is 11.0 Å². The summed E-state index contributed by atoms with van der Waals surface area (Å²) < 4.78 is 19.9. The Kier molecular flexibility index (Phi) is 3.85. The maximum absolute atomic E-state index is 14.1. The van der Waals surface area contributed by atoms with E-state index in [-0.39, 0.29) is 23.9 Å². The zero-order valence-electron chi connectivity index (χ0n) is 11.3. The first-order chi connectivity index (χ1) is 10.6. The van der Waals surface area contributed by atoms with Crippen molar-refractivity contribution in [3.63, 3.8) is 0 Å². The number of halogens is 2. The smallest absolute Gasteiger partial charge is 0.185 e. The van der Waals surface area contributed by atoms with E-state index in [2.05, 4.69) is 21.2 Å². The Bertz CT molecular complexity index is 860. The van der Waals surface area contributed by atoms with E-state index in [9.17, 15) is 14.3 Å². The van der Waals surface area contributed by atoms with Gasteiger partial charge in [-0.1, -0.05) is 0 Å². The normalized spacial score (nSPS) is 10.8. The fraction of sp³-hybridized carbons (Fsp3) is 0.0625. The van der Waals surface area contributed by atoms with Crippen molar-refractivity contribution in [3.05, 3.63) is 58.0 Å². The maximum atomic E-state index is 14.1. The third-order valence-corrected chi connectivity index (χ3v) is 3.89. The van der Waals surface area contributed by atoms with Crippen LogP contribution in [-0.4, -0.2) is 11.4 Å². The van der Waals surface area contributed by atoms with Crippen molar-refractivity contribution in [1.82, 2.24) is 0 Å². The number of rotatable bonds is 4. The number of nitrogens with one attached hydrogen (secondary N) is 1. The summed E-state index contributed by atoms with van der Waals surface area (Å²) in [5, 5.41) is 13.1. The highest BCUT2D eigenvalue weighted by molar-refractivity contribution is 9.10. The second kappa shape index (κ2) is 5.81. The molecule has 2 N–H and O–H groups in total. The van der Waals surface area contributed by atoms with Gasteiger partial charge in [0, 0.05) is 23.2 Å². The van der Waals surface area contributed by atoms with Gasteiger partial charge in [-0.25, -0.2) is 4.39 Å². The number of fused-ring (bicyclic) bond motifs is 1. The van der Waals surface area contributed by atoms with Gasteiger partial charge in [-0.3, -0.25) is 4.79 Å². The molecule has 4 nitrogen and oxygen atoms in total. The third-order valence-electron chi connectivity index (χ3n) is 3.25. The minimum absolute atomic E-state index is 0.134. The zero-order valence-corrected chi connectivity index (χ0v) is 12.9. The van der Waals surface area contributed by atoms with Crippen LogP contribution < -0.4 is 5.32 Å². The number of carbonyl (C=O) groups excluding carboxylic acids is 1. The molecule has 0 spiro atoms. The number of hydrogen-bond acceptors (Lipinski definition) is 4. The minimum Gasteiger partial charge on any atom is -0.507 e. The predicted molar refractivity (Wildman–Crippen MR) is 84.7 cm³/mol. The average Bonchev–Trinajstić information content (AvgIpc) is 2.90. The molecule has 0 bridgehead atoms. The van der Waals surface area contributed by atoms with Gasteiger partial charge in [-0.2, -0.15) is 0 Å². The largest absolute Gasteiger partial charge is 0.507 e. The van der Waals surface area contributed by atoms with Crippen molar-refractivity contribution in [3.8, 4) is 5.75 Å². The van der Waals surface area contributed by atoms with Gasteiger partial charge < -0.3 is 14.8 Å². The minimum atomic E-state index is -0.379. The van der Waals surface area contributed by atoms with Gasteiger partial charge in [0.05, 0.1) is 4.47 Å². The Hall–Kier alpha value is -2.34. The molecule has 0 aliphatic heterocycles. The molecule has 0 radical (unpaired) electrons. The second-order valence-corrected chi connectivity index (χ2v) is 5.62. The molecule has 3 aromatic rings. The molecule has 0 saturated carbocycles. The summed E-state index contributed by atoms with van der Waals surface area (Å²) in [4.78, 5) is 10.7. The lowest BCUT2D eigenvalue weighted by Crippen LogP contribution is -2.01. The fourth-order valence-electron chi connectivity index (χ4n) is 2.13. The number of carbonyl (C=O) groups is 1. The Balaban J connectivity index is 1.84. The van der Waals surface area contributed by atoms with Crippen LogP contribution >= 0.6 is 15.9 Å². The van der Waals surface area contributed by atoms with E-state index in [4.69, 9.17) is 4.42 Å². The van der Waals surface area contributed by atoms with Gasteiger partial charge in [0.25, 0.3) is 0 Å². The van der Waals surface area contributed by atoms with Crippen LogP contribution in [-0.2, 0) is 6.54 Å². The second-order valence-electron chi connectivity index (χ2n) is 4.77. The lowest BCUT2D eigenvalue weighted by atomic mass is 10.1. The molecule has 3 rings (SSSR count). The zero-order chi connectivity index (χ0) is 15.7. The Labute approximate surface area is 133 Å². The molecule has 0 aliphatic rings. The molecular formula is C16H11BrFNO3. The number of aromatic hydroxyl groups is 1. The van der Waals surface area contributed by atoms with Crippen LogP contribution in [0, 0.1) is 5.82 Å². The third kappa shape index (κ3) is 2.82. The first-order valence-electron chi connectivity index (χ1n) is 6.46. The molecule has 112 valence electrons. The van der Waals surface area contributed by atoms with Crippen LogP contribution in [0.1, 0.15) is 16.1 Å². The Morgan fingerprint density at radius 2 is 2.09 bits per heavy atom. The molecule has 1 heterocycles. The summed E-state index contributed by atoms with van der Waals surface area (Å²) in [6.07, 6.45) is 0.587. The Morgan fingerprint density at radius 3 is 2.82 bits per heavy atom. The number of anilines is 1. The molecule has 0 amide bonds. The fourth-order valence-corrected chi connectivity index (χ4v) is 2.51. The van der Waals surface area contributed by atoms with Crippen LogP contribution in [0.15, 0.2) is 45.3 Å². The summed E-state index contributed by atoms with van der Waals surface area (Å²) in [6.45, 7) is 0.246. The first kappa shape index (κ1) is 14.6. The number of phenols is 1. The highest BCUT2D eigenvalue weighted by Gasteiger charge is 2.09. The summed E-state index contributed by atoms with van der Waals surface area (Å²) >= 11 is 3.22. The molecule has 0 unspecified atom stereocenters. The van der Waals surface area contributed by atoms with Crippen LogP contribution in [0.4, 0.5) is 10.1 Å². The standard InChI is InChI=1S/C16H11BrFNO3/c17-13-6-11(1-2-15(13)21)19-7-10-5-16-9(4-14(10)18)3-12(8-20)22-16/h1-6,8,19,21H,7H2.